The number of nitrogens with zero attached hydrogens (tertiary/aromatic N) is 3. The van der Waals surface area contributed by atoms with E-state index in [-0.39, 0.29) is 12.3 Å². The number of aromatic nitrogens is 2. The third-order valence-electron chi connectivity index (χ3n) is 5.34. The molecule has 2 heterocycles. The van der Waals surface area contributed by atoms with Crippen LogP contribution in [0.5, 0.6) is 0 Å². The van der Waals surface area contributed by atoms with E-state index in [1.165, 1.54) is 0 Å². The molecule has 0 radical (unpaired) electrons. The van der Waals surface area contributed by atoms with Crippen molar-refractivity contribution in [2.45, 2.75) is 13.3 Å². The topological polar surface area (TPSA) is 59.4 Å². The Balaban J connectivity index is 1.76. The maximum absolute atomic E-state index is 13.1. The molecule has 4 rings (SSSR count). The number of rotatable bonds is 5. The van der Waals surface area contributed by atoms with Crippen molar-refractivity contribution in [2.24, 2.45) is 0 Å². The highest BCUT2D eigenvalue weighted by molar-refractivity contribution is 6.36. The summed E-state index contributed by atoms with van der Waals surface area (Å²) < 4.78 is 19.6. The van der Waals surface area contributed by atoms with Crippen molar-refractivity contribution in [3.8, 4) is 28.9 Å². The highest BCUT2D eigenvalue weighted by Gasteiger charge is 2.24. The molecule has 1 fully saturated rings. The maximum atomic E-state index is 13.1. The average molecular weight is 501 g/mol. The maximum Gasteiger partial charge on any atom is 0.286 e. The van der Waals surface area contributed by atoms with Crippen LogP contribution < -0.4 is 5.43 Å². The molecule has 1 amide bonds. The Labute approximate surface area is 207 Å². The minimum atomic E-state index is -0.472. The lowest BCUT2D eigenvalue weighted by Crippen LogP contribution is -2.48. The first kappa shape index (κ1) is 24.2. The fraction of sp³-hybridized carbons (Fsp3) is 0.280. The van der Waals surface area contributed by atoms with Crippen molar-refractivity contribution >= 4 is 29.1 Å². The van der Waals surface area contributed by atoms with Crippen LogP contribution in [0.15, 0.2) is 42.5 Å². The van der Waals surface area contributed by atoms with Gasteiger partial charge in [-0.05, 0) is 49.4 Å². The van der Waals surface area contributed by atoms with Crippen LogP contribution in [0.25, 0.3) is 17.1 Å². The summed E-state index contributed by atoms with van der Waals surface area (Å²) in [5.74, 6) is 5.94. The lowest BCUT2D eigenvalue weighted by atomic mass is 10.1. The molecule has 1 N–H and O–H groups in total. The molecular weight excluding hydrogens is 478 g/mol. The zero-order valence-corrected chi connectivity index (χ0v) is 20.1. The van der Waals surface area contributed by atoms with Gasteiger partial charge in [0.2, 0.25) is 0 Å². The first-order chi connectivity index (χ1) is 16.5. The number of nitrogens with one attached hydrogen (secondary N) is 1. The van der Waals surface area contributed by atoms with Crippen molar-refractivity contribution in [2.75, 3.05) is 33.0 Å². The Morgan fingerprint density at radius 3 is 2.59 bits per heavy atom. The van der Waals surface area contributed by atoms with E-state index in [9.17, 15) is 9.18 Å². The molecule has 1 aliphatic heterocycles. The summed E-state index contributed by atoms with van der Waals surface area (Å²) >= 11 is 12.6. The predicted octanol–water partition coefficient (Wildman–Crippen LogP) is 4.84. The molecule has 0 bridgehead atoms. The van der Waals surface area contributed by atoms with Crippen LogP contribution in [0.4, 0.5) is 4.39 Å². The van der Waals surface area contributed by atoms with Gasteiger partial charge in [0.15, 0.2) is 5.69 Å². The Morgan fingerprint density at radius 2 is 1.91 bits per heavy atom. The fourth-order valence-electron chi connectivity index (χ4n) is 3.66. The second kappa shape index (κ2) is 11.0. The van der Waals surface area contributed by atoms with Gasteiger partial charge in [0.05, 0.1) is 23.9 Å². The van der Waals surface area contributed by atoms with Crippen LogP contribution in [0.3, 0.4) is 0 Å². The van der Waals surface area contributed by atoms with E-state index in [0.29, 0.717) is 59.1 Å². The molecule has 1 saturated heterocycles. The van der Waals surface area contributed by atoms with Crippen molar-refractivity contribution in [1.82, 2.24) is 20.0 Å². The van der Waals surface area contributed by atoms with Crippen molar-refractivity contribution in [3.63, 3.8) is 0 Å². The Hall–Kier alpha value is -2.89. The third-order valence-corrected chi connectivity index (χ3v) is 5.89. The highest BCUT2D eigenvalue weighted by Crippen LogP contribution is 2.33. The molecule has 6 nitrogen and oxygen atoms in total. The van der Waals surface area contributed by atoms with Crippen LogP contribution in [-0.2, 0) is 4.74 Å². The lowest BCUT2D eigenvalue weighted by molar-refractivity contribution is 0.0124. The fourth-order valence-corrected chi connectivity index (χ4v) is 4.15. The largest absolute Gasteiger partial charge is 0.379 e. The van der Waals surface area contributed by atoms with E-state index in [2.05, 4.69) is 17.3 Å². The molecule has 1 aliphatic rings. The first-order valence-corrected chi connectivity index (χ1v) is 11.6. The SMILES string of the molecule is Cc1c(C(=O)NN2CCOCC2)nc(-c2ccc(Cl)cc2Cl)n1-c1ccc(C#CCCF)cc1. The molecule has 0 unspecified atom stereocenters. The van der Waals surface area contributed by atoms with Gasteiger partial charge >= 0.3 is 0 Å². The van der Waals surface area contributed by atoms with Crippen molar-refractivity contribution in [1.29, 1.82) is 0 Å². The van der Waals surface area contributed by atoms with Gasteiger partial charge in [-0.1, -0.05) is 35.0 Å². The van der Waals surface area contributed by atoms with Gasteiger partial charge < -0.3 is 4.74 Å². The second-order valence-corrected chi connectivity index (χ2v) is 8.50. The number of ether oxygens (including phenoxy) is 1. The number of imidazole rings is 1. The van der Waals surface area contributed by atoms with Crippen LogP contribution in [0.2, 0.25) is 10.0 Å². The summed E-state index contributed by atoms with van der Waals surface area (Å²) in [6.45, 7) is 3.68. The first-order valence-electron chi connectivity index (χ1n) is 10.8. The van der Waals surface area contributed by atoms with Crippen LogP contribution in [0.1, 0.15) is 28.2 Å². The number of benzene rings is 2. The van der Waals surface area contributed by atoms with Gasteiger partial charge in [-0.25, -0.2) is 9.99 Å². The van der Waals surface area contributed by atoms with E-state index in [1.807, 2.05) is 40.8 Å². The zero-order valence-electron chi connectivity index (χ0n) is 18.6. The summed E-state index contributed by atoms with van der Waals surface area (Å²) in [5, 5.41) is 2.75. The van der Waals surface area contributed by atoms with Gasteiger partial charge in [-0.2, -0.15) is 0 Å². The van der Waals surface area contributed by atoms with Crippen molar-refractivity contribution in [3.05, 3.63) is 69.5 Å². The molecule has 0 atom stereocenters. The zero-order chi connectivity index (χ0) is 24.1. The van der Waals surface area contributed by atoms with Gasteiger partial charge in [0.25, 0.3) is 5.91 Å². The minimum Gasteiger partial charge on any atom is -0.379 e. The van der Waals surface area contributed by atoms with Gasteiger partial charge in [0.1, 0.15) is 12.5 Å². The van der Waals surface area contributed by atoms with Crippen LogP contribution >= 0.6 is 23.2 Å². The van der Waals surface area contributed by atoms with E-state index in [1.54, 1.807) is 18.2 Å². The molecule has 3 aromatic rings. The number of carbonyl (C=O) groups excluding carboxylic acids is 1. The molecule has 0 saturated carbocycles. The summed E-state index contributed by atoms with van der Waals surface area (Å²) in [7, 11) is 0. The van der Waals surface area contributed by atoms with Crippen molar-refractivity contribution < 1.29 is 13.9 Å². The summed E-state index contributed by atoms with van der Waals surface area (Å²) in [4.78, 5) is 17.8. The number of hydrazine groups is 1. The molecule has 9 heteroatoms. The van der Waals surface area contributed by atoms with E-state index < -0.39 is 6.67 Å². The number of hydrogen-bond acceptors (Lipinski definition) is 4. The van der Waals surface area contributed by atoms with Gasteiger partial charge in [0, 0.05) is 41.3 Å². The van der Waals surface area contributed by atoms with Gasteiger partial charge in [-0.3, -0.25) is 19.2 Å². The monoisotopic (exact) mass is 500 g/mol. The summed E-state index contributed by atoms with van der Waals surface area (Å²) in [6.07, 6.45) is 0.198. The van der Waals surface area contributed by atoms with E-state index >= 15 is 0 Å². The van der Waals surface area contributed by atoms with Crippen LogP contribution in [-0.4, -0.2) is 53.4 Å². The Bertz CT molecular complexity index is 1240. The molecule has 1 aromatic heterocycles. The minimum absolute atomic E-state index is 0.198. The number of hydrogen-bond donors (Lipinski definition) is 1. The third kappa shape index (κ3) is 5.43. The Morgan fingerprint density at radius 1 is 1.18 bits per heavy atom. The number of amides is 1. The van der Waals surface area contributed by atoms with E-state index in [0.717, 1.165) is 11.3 Å². The van der Waals surface area contributed by atoms with E-state index in [4.69, 9.17) is 32.9 Å². The molecule has 0 spiro atoms. The Kier molecular flexibility index (Phi) is 7.86. The van der Waals surface area contributed by atoms with Crippen LogP contribution in [0, 0.1) is 18.8 Å². The molecular formula is C25H23Cl2FN4O2. The normalized spacial score (nSPS) is 13.9. The van der Waals surface area contributed by atoms with Gasteiger partial charge in [-0.15, -0.1) is 0 Å². The number of morpholine rings is 1. The predicted molar refractivity (Wildman–Crippen MR) is 131 cm³/mol. The quantitative estimate of drug-likeness (QED) is 0.509. The number of halogens is 3. The molecule has 0 aliphatic carbocycles. The average Bonchev–Trinajstić information content (AvgIpc) is 3.17. The smallest absolute Gasteiger partial charge is 0.286 e. The number of carbonyl (C=O) groups is 1. The summed E-state index contributed by atoms with van der Waals surface area (Å²) in [5.41, 5.74) is 6.06. The number of alkyl halides is 1. The molecule has 34 heavy (non-hydrogen) atoms. The molecule has 2 aromatic carbocycles. The molecule has 176 valence electrons. The second-order valence-electron chi connectivity index (χ2n) is 7.66. The highest BCUT2D eigenvalue weighted by atomic mass is 35.5. The lowest BCUT2D eigenvalue weighted by Gasteiger charge is -2.26. The standard InChI is InChI=1S/C25H23Cl2FN4O2/c1-17-23(25(33)30-31-12-14-34-15-13-31)29-24(21-10-7-19(26)16-22(21)27)32(17)20-8-5-18(6-9-20)4-2-3-11-28/h5-10,16H,3,11-15H2,1H3,(H,30,33). The summed E-state index contributed by atoms with van der Waals surface area (Å²) in [6, 6.07) is 12.6.